The summed E-state index contributed by atoms with van der Waals surface area (Å²) in [5.74, 6) is -1.70. The van der Waals surface area contributed by atoms with Gasteiger partial charge in [-0.05, 0) is 37.5 Å². The smallest absolute Gasteiger partial charge is 0.257 e. The minimum absolute atomic E-state index is 0.0327. The van der Waals surface area contributed by atoms with Gasteiger partial charge in [0, 0.05) is 11.3 Å². The number of carboxylic acid groups (broad SMARTS) is 1. The van der Waals surface area contributed by atoms with Crippen molar-refractivity contribution in [2.45, 2.75) is 31.1 Å². The number of aromatic nitrogens is 1. The quantitative estimate of drug-likeness (QED) is 0.603. The van der Waals surface area contributed by atoms with Gasteiger partial charge in [0.1, 0.15) is 0 Å². The Hall–Kier alpha value is -2.30. The predicted octanol–water partition coefficient (Wildman–Crippen LogP) is -0.314. The molecule has 0 saturated heterocycles. The lowest BCUT2D eigenvalue weighted by Gasteiger charge is -2.09. The van der Waals surface area contributed by atoms with Gasteiger partial charge in [0.25, 0.3) is 10.0 Å². The van der Waals surface area contributed by atoms with Crippen LogP contribution >= 0.6 is 11.3 Å². The molecule has 0 aliphatic carbocycles. The fourth-order valence-electron chi connectivity index (χ4n) is 1.96. The number of hydrazine groups is 1. The molecule has 2 rings (SSSR count). The van der Waals surface area contributed by atoms with E-state index < -0.39 is 21.9 Å². The van der Waals surface area contributed by atoms with Crippen LogP contribution in [-0.2, 0) is 32.5 Å². The van der Waals surface area contributed by atoms with Crippen LogP contribution in [0.3, 0.4) is 0 Å². The Balaban J connectivity index is 1.92. The summed E-state index contributed by atoms with van der Waals surface area (Å²) >= 11 is 1.40. The molecule has 0 aliphatic heterocycles. The molecule has 0 saturated carbocycles. The van der Waals surface area contributed by atoms with E-state index in [1.165, 1.54) is 35.6 Å². The number of sulfonamides is 1. The zero-order valence-electron chi connectivity index (χ0n) is 13.3. The standard InChI is InChI=1S/C15H17N3O5S2/c1-10-16-12(9-24-10)8-14(19)17-18-25(22,23)13-5-2-11(3-6-13)4-7-15(20)21/h2-3,5-6,9,18H,4,7-8H2,1H3,(H,17,19)(H,20,21)/p-1. The van der Waals surface area contributed by atoms with E-state index in [0.717, 1.165) is 5.01 Å². The van der Waals surface area contributed by atoms with Crippen LogP contribution in [0.15, 0.2) is 34.5 Å². The second kappa shape index (κ2) is 8.19. The highest BCUT2D eigenvalue weighted by molar-refractivity contribution is 7.89. The van der Waals surface area contributed by atoms with Crippen molar-refractivity contribution in [1.29, 1.82) is 0 Å². The number of amides is 1. The summed E-state index contributed by atoms with van der Waals surface area (Å²) in [5.41, 5.74) is 3.37. The Labute approximate surface area is 148 Å². The van der Waals surface area contributed by atoms with E-state index >= 15 is 0 Å². The van der Waals surface area contributed by atoms with Crippen molar-refractivity contribution in [3.63, 3.8) is 0 Å². The van der Waals surface area contributed by atoms with Crippen LogP contribution in [0.2, 0.25) is 0 Å². The third kappa shape index (κ3) is 5.93. The molecule has 1 aromatic heterocycles. The number of benzene rings is 1. The number of rotatable bonds is 8. The predicted molar refractivity (Wildman–Crippen MR) is 88.8 cm³/mol. The zero-order valence-corrected chi connectivity index (χ0v) is 14.9. The summed E-state index contributed by atoms with van der Waals surface area (Å²) in [6, 6.07) is 5.69. The highest BCUT2D eigenvalue weighted by Crippen LogP contribution is 2.12. The molecule has 2 N–H and O–H groups in total. The minimum atomic E-state index is -3.92. The number of carbonyl (C=O) groups is 2. The molecule has 1 amide bonds. The van der Waals surface area contributed by atoms with Gasteiger partial charge >= 0.3 is 0 Å². The summed E-state index contributed by atoms with van der Waals surface area (Å²) in [5, 5.41) is 13.0. The number of hydrogen-bond acceptors (Lipinski definition) is 7. The third-order valence-corrected chi connectivity index (χ3v) is 5.27. The van der Waals surface area contributed by atoms with E-state index in [-0.39, 0.29) is 24.2 Å². The van der Waals surface area contributed by atoms with Crippen molar-refractivity contribution in [2.24, 2.45) is 0 Å². The van der Waals surface area contributed by atoms with Gasteiger partial charge in [0.15, 0.2) is 0 Å². The Morgan fingerprint density at radius 1 is 1.24 bits per heavy atom. The number of aliphatic carboxylic acids is 1. The number of nitrogens with one attached hydrogen (secondary N) is 2. The van der Waals surface area contributed by atoms with Gasteiger partial charge in [-0.2, -0.15) is 0 Å². The van der Waals surface area contributed by atoms with Gasteiger partial charge in [0.05, 0.1) is 22.0 Å². The highest BCUT2D eigenvalue weighted by atomic mass is 32.2. The average Bonchev–Trinajstić information content (AvgIpc) is 2.96. The van der Waals surface area contributed by atoms with Crippen LogP contribution < -0.4 is 15.4 Å². The van der Waals surface area contributed by atoms with Crippen molar-refractivity contribution >= 4 is 33.2 Å². The van der Waals surface area contributed by atoms with Gasteiger partial charge in [0.2, 0.25) is 5.91 Å². The Bertz CT molecular complexity index is 860. The zero-order chi connectivity index (χ0) is 18.4. The monoisotopic (exact) mass is 382 g/mol. The topological polar surface area (TPSA) is 128 Å². The molecule has 1 aromatic carbocycles. The van der Waals surface area contributed by atoms with Gasteiger partial charge in [-0.15, -0.1) is 16.2 Å². The van der Waals surface area contributed by atoms with Gasteiger partial charge in [-0.1, -0.05) is 12.1 Å². The molecular formula is C15H16N3O5S2-. The molecule has 25 heavy (non-hydrogen) atoms. The van der Waals surface area contributed by atoms with E-state index in [0.29, 0.717) is 11.3 Å². The van der Waals surface area contributed by atoms with E-state index in [1.807, 2.05) is 11.8 Å². The summed E-state index contributed by atoms with van der Waals surface area (Å²) in [6.45, 7) is 1.81. The minimum Gasteiger partial charge on any atom is -0.550 e. The number of carboxylic acids is 1. The molecule has 0 aliphatic rings. The number of aryl methyl sites for hydroxylation is 2. The van der Waals surface area contributed by atoms with E-state index in [9.17, 15) is 23.1 Å². The van der Waals surface area contributed by atoms with Crippen molar-refractivity contribution in [2.75, 3.05) is 0 Å². The van der Waals surface area contributed by atoms with Crippen LogP contribution in [0.5, 0.6) is 0 Å². The number of hydrogen-bond donors (Lipinski definition) is 2. The van der Waals surface area contributed by atoms with Crippen LogP contribution in [-0.4, -0.2) is 25.3 Å². The van der Waals surface area contributed by atoms with Gasteiger partial charge in [-0.3, -0.25) is 10.2 Å². The summed E-state index contributed by atoms with van der Waals surface area (Å²) in [4.78, 5) is 28.3. The van der Waals surface area contributed by atoms with Crippen molar-refractivity contribution in [1.82, 2.24) is 15.2 Å². The first-order valence-electron chi connectivity index (χ1n) is 7.27. The molecule has 0 bridgehead atoms. The maximum absolute atomic E-state index is 12.1. The largest absolute Gasteiger partial charge is 0.550 e. The van der Waals surface area contributed by atoms with Crippen molar-refractivity contribution < 1.29 is 23.1 Å². The first-order chi connectivity index (χ1) is 11.8. The Morgan fingerprint density at radius 2 is 1.92 bits per heavy atom. The molecule has 0 unspecified atom stereocenters. The highest BCUT2D eigenvalue weighted by Gasteiger charge is 2.15. The summed E-state index contributed by atoms with van der Waals surface area (Å²) in [7, 11) is -3.92. The van der Waals surface area contributed by atoms with Crippen molar-refractivity contribution in [3.8, 4) is 0 Å². The van der Waals surface area contributed by atoms with Crippen LogP contribution in [0, 0.1) is 6.92 Å². The van der Waals surface area contributed by atoms with Crippen LogP contribution in [0.4, 0.5) is 0 Å². The fourth-order valence-corrected chi connectivity index (χ4v) is 3.44. The number of thiazole rings is 1. The maximum atomic E-state index is 12.1. The molecular weight excluding hydrogens is 366 g/mol. The summed E-state index contributed by atoms with van der Waals surface area (Å²) in [6.07, 6.45) is 0.0748. The number of carbonyl (C=O) groups excluding carboxylic acids is 2. The Kier molecular flexibility index (Phi) is 6.23. The molecule has 0 radical (unpaired) electrons. The van der Waals surface area contributed by atoms with E-state index in [4.69, 9.17) is 0 Å². The lowest BCUT2D eigenvalue weighted by atomic mass is 10.1. The van der Waals surface area contributed by atoms with E-state index in [2.05, 4.69) is 10.4 Å². The van der Waals surface area contributed by atoms with Crippen molar-refractivity contribution in [3.05, 3.63) is 45.9 Å². The number of nitrogens with zero attached hydrogens (tertiary/aromatic N) is 1. The lowest BCUT2D eigenvalue weighted by molar-refractivity contribution is -0.305. The fraction of sp³-hybridized carbons (Fsp3) is 0.267. The second-order valence-electron chi connectivity index (χ2n) is 5.20. The average molecular weight is 382 g/mol. The van der Waals surface area contributed by atoms with Gasteiger partial charge < -0.3 is 9.90 Å². The molecule has 134 valence electrons. The maximum Gasteiger partial charge on any atom is 0.257 e. The first kappa shape index (κ1) is 19.0. The summed E-state index contributed by atoms with van der Waals surface area (Å²) < 4.78 is 24.3. The first-order valence-corrected chi connectivity index (χ1v) is 9.63. The lowest BCUT2D eigenvalue weighted by Crippen LogP contribution is -2.42. The molecule has 10 heteroatoms. The van der Waals surface area contributed by atoms with Gasteiger partial charge in [-0.25, -0.2) is 13.4 Å². The second-order valence-corrected chi connectivity index (χ2v) is 7.95. The SMILES string of the molecule is Cc1nc(CC(=O)NNS(=O)(=O)c2ccc(CCC(=O)[O-])cc2)cs1. The third-order valence-electron chi connectivity index (χ3n) is 3.18. The Morgan fingerprint density at radius 3 is 2.48 bits per heavy atom. The molecule has 2 aromatic rings. The normalized spacial score (nSPS) is 11.2. The van der Waals surface area contributed by atoms with Crippen LogP contribution in [0.25, 0.3) is 0 Å². The molecule has 1 heterocycles. The van der Waals surface area contributed by atoms with Crippen LogP contribution in [0.1, 0.15) is 22.7 Å². The van der Waals surface area contributed by atoms with E-state index in [1.54, 1.807) is 5.38 Å². The molecule has 0 fully saturated rings. The molecule has 0 atom stereocenters. The molecule has 0 spiro atoms. The molecule has 8 nitrogen and oxygen atoms in total.